The summed E-state index contributed by atoms with van der Waals surface area (Å²) < 4.78 is 0. The fourth-order valence-electron chi connectivity index (χ4n) is 2.32. The maximum Gasteiger partial charge on any atom is 0.182 e. The summed E-state index contributed by atoms with van der Waals surface area (Å²) in [5.74, 6) is 0.163. The number of rotatable bonds is 3. The maximum atomic E-state index is 11.9. The molecule has 0 saturated heterocycles. The van der Waals surface area contributed by atoms with Crippen LogP contribution in [0.2, 0.25) is 0 Å². The lowest BCUT2D eigenvalue weighted by Crippen LogP contribution is -1.99. The summed E-state index contributed by atoms with van der Waals surface area (Å²) in [5, 5.41) is 0. The van der Waals surface area contributed by atoms with Crippen molar-refractivity contribution in [1.29, 1.82) is 0 Å². The molecular formula is C15H16O. The number of ketones is 1. The van der Waals surface area contributed by atoms with Crippen LogP contribution in [-0.4, -0.2) is 5.78 Å². The molecule has 16 heavy (non-hydrogen) atoms. The number of benzene rings is 1. The Morgan fingerprint density at radius 2 is 2.12 bits per heavy atom. The molecular weight excluding hydrogens is 196 g/mol. The normalized spacial score (nSPS) is 14.6. The quantitative estimate of drug-likeness (QED) is 0.700. The van der Waals surface area contributed by atoms with Gasteiger partial charge in [0.15, 0.2) is 5.78 Å². The van der Waals surface area contributed by atoms with E-state index in [9.17, 15) is 4.79 Å². The van der Waals surface area contributed by atoms with Gasteiger partial charge in [-0.25, -0.2) is 0 Å². The lowest BCUT2D eigenvalue weighted by atomic mass is 10.0. The summed E-state index contributed by atoms with van der Waals surface area (Å²) >= 11 is 0. The first-order chi connectivity index (χ1) is 7.77. The second-order valence-electron chi connectivity index (χ2n) is 4.01. The molecule has 1 aliphatic carbocycles. The lowest BCUT2D eigenvalue weighted by Gasteiger charge is -2.02. The van der Waals surface area contributed by atoms with Crippen LogP contribution in [0.1, 0.15) is 31.4 Å². The van der Waals surface area contributed by atoms with E-state index in [-0.39, 0.29) is 5.78 Å². The molecule has 1 aromatic rings. The molecule has 0 atom stereocenters. The van der Waals surface area contributed by atoms with Gasteiger partial charge in [-0.3, -0.25) is 4.79 Å². The van der Waals surface area contributed by atoms with Crippen molar-refractivity contribution in [1.82, 2.24) is 0 Å². The predicted molar refractivity (Wildman–Crippen MR) is 67.2 cm³/mol. The van der Waals surface area contributed by atoms with E-state index in [2.05, 4.69) is 19.1 Å². The van der Waals surface area contributed by atoms with E-state index in [1.165, 1.54) is 16.7 Å². The molecule has 1 heteroatoms. The van der Waals surface area contributed by atoms with Crippen LogP contribution in [0.3, 0.4) is 0 Å². The Bertz CT molecular complexity index is 478. The van der Waals surface area contributed by atoms with Gasteiger partial charge in [0.25, 0.3) is 0 Å². The molecule has 0 aliphatic heterocycles. The van der Waals surface area contributed by atoms with Gasteiger partial charge >= 0.3 is 0 Å². The van der Waals surface area contributed by atoms with Crippen LogP contribution >= 0.6 is 0 Å². The number of allylic oxidation sites excluding steroid dienone is 4. The van der Waals surface area contributed by atoms with Crippen LogP contribution in [0.4, 0.5) is 0 Å². The Balaban J connectivity index is 2.45. The second kappa shape index (κ2) is 4.48. The third-order valence-corrected chi connectivity index (χ3v) is 3.04. The minimum absolute atomic E-state index is 0.163. The first-order valence-electron chi connectivity index (χ1n) is 5.75. The van der Waals surface area contributed by atoms with Crippen molar-refractivity contribution < 1.29 is 4.79 Å². The Morgan fingerprint density at radius 1 is 1.38 bits per heavy atom. The molecule has 0 amide bonds. The Morgan fingerprint density at radius 3 is 2.81 bits per heavy atom. The van der Waals surface area contributed by atoms with E-state index in [1.807, 2.05) is 25.1 Å². The van der Waals surface area contributed by atoms with Crippen LogP contribution in [-0.2, 0) is 11.2 Å². The molecule has 0 N–H and O–H groups in total. The molecule has 0 spiro atoms. The van der Waals surface area contributed by atoms with Gasteiger partial charge in [0, 0.05) is 12.0 Å². The number of hydrogen-bond donors (Lipinski definition) is 0. The van der Waals surface area contributed by atoms with Gasteiger partial charge in [0.05, 0.1) is 0 Å². The van der Waals surface area contributed by atoms with E-state index in [0.29, 0.717) is 0 Å². The van der Waals surface area contributed by atoms with Gasteiger partial charge in [-0.05, 0) is 36.1 Å². The van der Waals surface area contributed by atoms with E-state index >= 15 is 0 Å². The molecule has 1 nitrogen and oxygen atoms in total. The summed E-state index contributed by atoms with van der Waals surface area (Å²) in [4.78, 5) is 11.9. The minimum atomic E-state index is 0.163. The van der Waals surface area contributed by atoms with E-state index < -0.39 is 0 Å². The highest BCUT2D eigenvalue weighted by molar-refractivity contribution is 6.11. The van der Waals surface area contributed by atoms with Crippen molar-refractivity contribution in [2.75, 3.05) is 0 Å². The van der Waals surface area contributed by atoms with Crippen LogP contribution in [0.15, 0.2) is 42.0 Å². The van der Waals surface area contributed by atoms with Crippen LogP contribution in [0, 0.1) is 0 Å². The number of carbonyl (C=O) groups is 1. The van der Waals surface area contributed by atoms with Gasteiger partial charge in [0.1, 0.15) is 0 Å². The van der Waals surface area contributed by atoms with Crippen molar-refractivity contribution in [2.45, 2.75) is 26.7 Å². The molecule has 0 fully saturated rings. The van der Waals surface area contributed by atoms with Crippen molar-refractivity contribution in [2.24, 2.45) is 0 Å². The molecule has 0 radical (unpaired) electrons. The van der Waals surface area contributed by atoms with Gasteiger partial charge in [0.2, 0.25) is 0 Å². The molecule has 1 aliphatic rings. The zero-order valence-corrected chi connectivity index (χ0v) is 9.79. The summed E-state index contributed by atoms with van der Waals surface area (Å²) in [7, 11) is 0. The smallest absolute Gasteiger partial charge is 0.182 e. The van der Waals surface area contributed by atoms with Crippen molar-refractivity contribution in [3.05, 3.63) is 53.1 Å². The van der Waals surface area contributed by atoms with E-state index in [1.54, 1.807) is 6.08 Å². The summed E-state index contributed by atoms with van der Waals surface area (Å²) in [6, 6.07) is 8.30. The number of fused-ring (bicyclic) bond motifs is 1. The zero-order chi connectivity index (χ0) is 11.5. The summed E-state index contributed by atoms with van der Waals surface area (Å²) in [6.07, 6.45) is 5.20. The zero-order valence-electron chi connectivity index (χ0n) is 9.79. The van der Waals surface area contributed by atoms with E-state index in [4.69, 9.17) is 0 Å². The standard InChI is InChI=1S/C15H16O/c1-3-7-15(16)14-10-11-8-5-6-9-13(11)12(14)4-2/h3,5-9H,4,10H2,1-2H3/b7-3+. The van der Waals surface area contributed by atoms with Crippen molar-refractivity contribution in [3.8, 4) is 0 Å². The Hall–Kier alpha value is -1.63. The summed E-state index contributed by atoms with van der Waals surface area (Å²) in [6.45, 7) is 3.99. The molecule has 0 heterocycles. The SMILES string of the molecule is C/C=C/C(=O)C1=C(CC)c2ccccc2C1. The molecule has 0 unspecified atom stereocenters. The van der Waals surface area contributed by atoms with Gasteiger partial charge in [-0.2, -0.15) is 0 Å². The van der Waals surface area contributed by atoms with E-state index in [0.717, 1.165) is 18.4 Å². The topological polar surface area (TPSA) is 17.1 Å². The largest absolute Gasteiger partial charge is 0.290 e. The fourth-order valence-corrected chi connectivity index (χ4v) is 2.32. The summed E-state index contributed by atoms with van der Waals surface area (Å²) in [5.41, 5.74) is 4.74. The molecule has 0 bridgehead atoms. The first-order valence-corrected chi connectivity index (χ1v) is 5.75. The average Bonchev–Trinajstić information content (AvgIpc) is 2.67. The van der Waals surface area contributed by atoms with Crippen LogP contribution < -0.4 is 0 Å². The Labute approximate surface area is 96.5 Å². The van der Waals surface area contributed by atoms with Gasteiger partial charge in [-0.15, -0.1) is 0 Å². The number of hydrogen-bond acceptors (Lipinski definition) is 1. The second-order valence-corrected chi connectivity index (χ2v) is 4.01. The minimum Gasteiger partial charge on any atom is -0.290 e. The maximum absolute atomic E-state index is 11.9. The monoisotopic (exact) mass is 212 g/mol. The fraction of sp³-hybridized carbons (Fsp3) is 0.267. The first kappa shape index (κ1) is 10.9. The highest BCUT2D eigenvalue weighted by atomic mass is 16.1. The van der Waals surface area contributed by atoms with Gasteiger partial charge in [-0.1, -0.05) is 37.3 Å². The average molecular weight is 212 g/mol. The highest BCUT2D eigenvalue weighted by Gasteiger charge is 2.22. The lowest BCUT2D eigenvalue weighted by molar-refractivity contribution is -0.111. The highest BCUT2D eigenvalue weighted by Crippen LogP contribution is 2.35. The van der Waals surface area contributed by atoms with Crippen LogP contribution in [0.5, 0.6) is 0 Å². The van der Waals surface area contributed by atoms with Crippen molar-refractivity contribution >= 4 is 11.4 Å². The molecule has 2 rings (SSSR count). The van der Waals surface area contributed by atoms with Crippen LogP contribution in [0.25, 0.3) is 5.57 Å². The third-order valence-electron chi connectivity index (χ3n) is 3.04. The molecule has 1 aromatic carbocycles. The van der Waals surface area contributed by atoms with Gasteiger partial charge < -0.3 is 0 Å². The molecule has 0 saturated carbocycles. The van der Waals surface area contributed by atoms with Crippen molar-refractivity contribution in [3.63, 3.8) is 0 Å². The number of carbonyl (C=O) groups excluding carboxylic acids is 1. The third kappa shape index (κ3) is 1.73. The molecule has 0 aromatic heterocycles. The Kier molecular flexibility index (Phi) is 3.04. The predicted octanol–water partition coefficient (Wildman–Crippen LogP) is 3.55. The molecule has 82 valence electrons.